The highest BCUT2D eigenvalue weighted by Crippen LogP contribution is 2.16. The molecule has 94 valence electrons. The van der Waals surface area contributed by atoms with Gasteiger partial charge in [0.15, 0.2) is 19.6 Å². The first-order chi connectivity index (χ1) is 7.82. The van der Waals surface area contributed by atoms with Gasteiger partial charge in [-0.05, 0) is 0 Å². The molecule has 0 saturated carbocycles. The van der Waals surface area contributed by atoms with Crippen molar-refractivity contribution in [1.82, 2.24) is 9.22 Å². The Bertz CT molecular complexity index is 448. The first-order valence-electron chi connectivity index (χ1n) is 5.07. The van der Waals surface area contributed by atoms with E-state index in [1.807, 2.05) is 19.6 Å². The second kappa shape index (κ2) is 4.70. The maximum absolute atomic E-state index is 11.7. The third kappa shape index (κ3) is 2.55. The SMILES string of the molecule is COC(=O)c1ncn([Si](C)(C)C)c1C(=O)OC. The van der Waals surface area contributed by atoms with Crippen LogP contribution >= 0.6 is 0 Å². The number of ether oxygens (including phenoxy) is 2. The molecule has 0 amide bonds. The highest BCUT2D eigenvalue weighted by atomic mass is 28.3. The van der Waals surface area contributed by atoms with Gasteiger partial charge in [-0.2, -0.15) is 0 Å². The molecule has 1 heterocycles. The van der Waals surface area contributed by atoms with Gasteiger partial charge in [0.05, 0.1) is 20.5 Å². The van der Waals surface area contributed by atoms with E-state index in [1.165, 1.54) is 20.5 Å². The predicted molar refractivity (Wildman–Crippen MR) is 63.7 cm³/mol. The second-order valence-corrected chi connectivity index (χ2v) is 9.29. The van der Waals surface area contributed by atoms with Crippen LogP contribution in [0, 0.1) is 0 Å². The van der Waals surface area contributed by atoms with Gasteiger partial charge >= 0.3 is 11.9 Å². The summed E-state index contributed by atoms with van der Waals surface area (Å²) < 4.78 is 11.0. The first kappa shape index (κ1) is 13.4. The van der Waals surface area contributed by atoms with E-state index in [-0.39, 0.29) is 11.4 Å². The van der Waals surface area contributed by atoms with E-state index in [2.05, 4.69) is 14.5 Å². The summed E-state index contributed by atoms with van der Waals surface area (Å²) in [6.07, 6.45) is 1.49. The molecule has 0 N–H and O–H groups in total. The molecule has 0 spiro atoms. The molecule has 1 aromatic rings. The Morgan fingerprint density at radius 1 is 1.18 bits per heavy atom. The van der Waals surface area contributed by atoms with Gasteiger partial charge in [-0.25, -0.2) is 14.6 Å². The number of carbonyl (C=O) groups is 2. The van der Waals surface area contributed by atoms with Crippen molar-refractivity contribution >= 4 is 20.2 Å². The van der Waals surface area contributed by atoms with Crippen LogP contribution < -0.4 is 0 Å². The molecule has 1 aromatic heterocycles. The zero-order valence-corrected chi connectivity index (χ0v) is 11.6. The van der Waals surface area contributed by atoms with E-state index >= 15 is 0 Å². The minimum absolute atomic E-state index is 0.00164. The summed E-state index contributed by atoms with van der Waals surface area (Å²) in [6.45, 7) is 6.09. The van der Waals surface area contributed by atoms with Crippen molar-refractivity contribution < 1.29 is 19.1 Å². The molecule has 0 aliphatic rings. The number of aromatic nitrogens is 2. The van der Waals surface area contributed by atoms with E-state index in [9.17, 15) is 9.59 Å². The van der Waals surface area contributed by atoms with Crippen LogP contribution in [0.5, 0.6) is 0 Å². The smallest absolute Gasteiger partial charge is 0.359 e. The average Bonchev–Trinajstić information content (AvgIpc) is 2.70. The summed E-state index contributed by atoms with van der Waals surface area (Å²) in [5.41, 5.74) is 0.167. The Hall–Kier alpha value is -1.63. The van der Waals surface area contributed by atoms with Crippen LogP contribution in [0.4, 0.5) is 0 Å². The summed E-state index contributed by atoms with van der Waals surface area (Å²) in [6, 6.07) is 0. The standard InChI is InChI=1S/C10H16N2O4Si/c1-15-9(13)7-8(10(14)16-2)12(6-11-7)17(3,4)5/h6H,1-5H3. The molecule has 0 aliphatic heterocycles. The van der Waals surface area contributed by atoms with Crippen LogP contribution in [0.2, 0.25) is 19.6 Å². The Morgan fingerprint density at radius 3 is 2.12 bits per heavy atom. The fourth-order valence-corrected chi connectivity index (χ4v) is 2.67. The van der Waals surface area contributed by atoms with E-state index in [0.29, 0.717) is 0 Å². The fourth-order valence-electron chi connectivity index (χ4n) is 1.39. The molecule has 7 heteroatoms. The lowest BCUT2D eigenvalue weighted by molar-refractivity contribution is 0.0546. The minimum Gasteiger partial charge on any atom is -0.464 e. The number of rotatable bonds is 3. The molecule has 0 fully saturated rings. The van der Waals surface area contributed by atoms with Crippen molar-refractivity contribution in [3.8, 4) is 0 Å². The molecule has 1 rings (SSSR count). The molecule has 0 atom stereocenters. The Labute approximate surface area is 101 Å². The highest BCUT2D eigenvalue weighted by molar-refractivity contribution is 6.74. The molecule has 6 nitrogen and oxygen atoms in total. The summed E-state index contributed by atoms with van der Waals surface area (Å²) in [7, 11) is 0.667. The van der Waals surface area contributed by atoms with Crippen molar-refractivity contribution in [2.75, 3.05) is 14.2 Å². The molecule has 0 bridgehead atoms. The molecule has 0 aliphatic carbocycles. The third-order valence-corrected chi connectivity index (χ3v) is 4.03. The number of nitrogens with zero attached hydrogens (tertiary/aromatic N) is 2. The van der Waals surface area contributed by atoms with Crippen LogP contribution in [-0.2, 0) is 9.47 Å². The summed E-state index contributed by atoms with van der Waals surface area (Å²) in [5, 5.41) is 0. The lowest BCUT2D eigenvalue weighted by atomic mass is 10.3. The normalized spacial score (nSPS) is 11.1. The molecular weight excluding hydrogens is 240 g/mol. The van der Waals surface area contributed by atoms with Crippen molar-refractivity contribution in [3.63, 3.8) is 0 Å². The van der Waals surface area contributed by atoms with Crippen LogP contribution in [0.1, 0.15) is 21.0 Å². The fraction of sp³-hybridized carbons (Fsp3) is 0.500. The maximum Gasteiger partial charge on any atom is 0.359 e. The van der Waals surface area contributed by atoms with E-state index in [1.54, 1.807) is 4.23 Å². The van der Waals surface area contributed by atoms with Crippen molar-refractivity contribution in [1.29, 1.82) is 0 Å². The van der Waals surface area contributed by atoms with Gasteiger partial charge < -0.3 is 13.7 Å². The van der Waals surface area contributed by atoms with Crippen LogP contribution in [-0.4, -0.2) is 43.6 Å². The first-order valence-corrected chi connectivity index (χ1v) is 8.52. The van der Waals surface area contributed by atoms with Crippen molar-refractivity contribution in [2.24, 2.45) is 0 Å². The van der Waals surface area contributed by atoms with Gasteiger partial charge in [0.2, 0.25) is 0 Å². The predicted octanol–water partition coefficient (Wildman–Crippen LogP) is 1.14. The van der Waals surface area contributed by atoms with E-state index in [0.717, 1.165) is 0 Å². The highest BCUT2D eigenvalue weighted by Gasteiger charge is 2.30. The quantitative estimate of drug-likeness (QED) is 0.599. The zero-order valence-electron chi connectivity index (χ0n) is 10.6. The Morgan fingerprint density at radius 2 is 1.71 bits per heavy atom. The number of hydrogen-bond acceptors (Lipinski definition) is 5. The largest absolute Gasteiger partial charge is 0.464 e. The monoisotopic (exact) mass is 256 g/mol. The Balaban J connectivity index is 3.40. The molecular formula is C10H16N2O4Si. The van der Waals surface area contributed by atoms with Crippen molar-refractivity contribution in [2.45, 2.75) is 19.6 Å². The summed E-state index contributed by atoms with van der Waals surface area (Å²) in [5.74, 6) is -1.22. The Kier molecular flexibility index (Phi) is 3.71. The lowest BCUT2D eigenvalue weighted by Gasteiger charge is -2.20. The molecule has 0 radical (unpaired) electrons. The average molecular weight is 256 g/mol. The minimum atomic E-state index is -1.85. The number of esters is 2. The number of imidazole rings is 1. The van der Waals surface area contributed by atoms with Gasteiger partial charge in [0.25, 0.3) is 0 Å². The van der Waals surface area contributed by atoms with Crippen molar-refractivity contribution in [3.05, 3.63) is 17.7 Å². The second-order valence-electron chi connectivity index (χ2n) is 4.47. The van der Waals surface area contributed by atoms with Gasteiger partial charge in [0, 0.05) is 0 Å². The van der Waals surface area contributed by atoms with Gasteiger partial charge in [-0.15, -0.1) is 0 Å². The van der Waals surface area contributed by atoms with Crippen LogP contribution in [0.25, 0.3) is 0 Å². The van der Waals surface area contributed by atoms with Crippen LogP contribution in [0.3, 0.4) is 0 Å². The topological polar surface area (TPSA) is 70.4 Å². The molecule has 17 heavy (non-hydrogen) atoms. The van der Waals surface area contributed by atoms with E-state index < -0.39 is 20.2 Å². The molecule has 0 unspecified atom stereocenters. The number of methoxy groups -OCH3 is 2. The zero-order chi connectivity index (χ0) is 13.2. The van der Waals surface area contributed by atoms with Gasteiger partial charge in [-0.3, -0.25) is 0 Å². The molecule has 0 saturated heterocycles. The van der Waals surface area contributed by atoms with Gasteiger partial charge in [0.1, 0.15) is 0 Å². The number of carbonyl (C=O) groups excluding carboxylic acids is 2. The third-order valence-electron chi connectivity index (χ3n) is 2.25. The maximum atomic E-state index is 11.7. The summed E-state index contributed by atoms with van der Waals surface area (Å²) >= 11 is 0. The number of hydrogen-bond donors (Lipinski definition) is 0. The molecule has 0 aromatic carbocycles. The lowest BCUT2D eigenvalue weighted by Crippen LogP contribution is -2.35. The summed E-state index contributed by atoms with van der Waals surface area (Å²) in [4.78, 5) is 27.2. The van der Waals surface area contributed by atoms with Crippen LogP contribution in [0.15, 0.2) is 6.33 Å². The van der Waals surface area contributed by atoms with Gasteiger partial charge in [-0.1, -0.05) is 19.6 Å². The van der Waals surface area contributed by atoms with E-state index in [4.69, 9.17) is 0 Å².